The quantitative estimate of drug-likeness (QED) is 0.665. The predicted octanol–water partition coefficient (Wildman–Crippen LogP) is -0.718. The summed E-state index contributed by atoms with van der Waals surface area (Å²) in [6.07, 6.45) is -2.22. The molecule has 5 nitrogen and oxygen atoms in total. The van der Waals surface area contributed by atoms with E-state index in [2.05, 4.69) is 0 Å². The summed E-state index contributed by atoms with van der Waals surface area (Å²) in [5, 5.41) is 10.1. The summed E-state index contributed by atoms with van der Waals surface area (Å²) < 4.78 is 22.6. The standard InChI is InChI=1S/C12H13BO5/c14-9-10-8-6-15-12(16-8)11(9)18-13(17-10)7-4-2-1-3-5-7/h1-5,8-12,14H,6H2/t8-,9-,10?,11?,12+/m0/s1. The molecule has 3 fully saturated rings. The average Bonchev–Trinajstić information content (AvgIpc) is 2.85. The van der Waals surface area contributed by atoms with Crippen LogP contribution in [0.3, 0.4) is 0 Å². The minimum atomic E-state index is -0.684. The van der Waals surface area contributed by atoms with Crippen LogP contribution in [-0.4, -0.2) is 49.5 Å². The smallest absolute Gasteiger partial charge is 0.399 e. The fourth-order valence-electron chi connectivity index (χ4n) is 2.75. The second-order valence-electron chi connectivity index (χ2n) is 4.81. The molecule has 0 radical (unpaired) electrons. The first kappa shape index (κ1) is 11.0. The van der Waals surface area contributed by atoms with Gasteiger partial charge in [-0.05, 0) is 5.46 Å². The van der Waals surface area contributed by atoms with Crippen molar-refractivity contribution in [1.29, 1.82) is 0 Å². The molecule has 94 valence electrons. The first-order valence-electron chi connectivity index (χ1n) is 6.14. The fraction of sp³-hybridized carbons (Fsp3) is 0.500. The monoisotopic (exact) mass is 248 g/mol. The molecule has 3 aliphatic heterocycles. The highest BCUT2D eigenvalue weighted by atomic mass is 16.8. The van der Waals surface area contributed by atoms with Crippen LogP contribution in [0.5, 0.6) is 0 Å². The molecule has 0 spiro atoms. The zero-order valence-corrected chi connectivity index (χ0v) is 9.64. The molecule has 1 aromatic carbocycles. The van der Waals surface area contributed by atoms with E-state index >= 15 is 0 Å². The van der Waals surface area contributed by atoms with Gasteiger partial charge in [0.2, 0.25) is 0 Å². The van der Waals surface area contributed by atoms with Gasteiger partial charge in [0, 0.05) is 0 Å². The van der Waals surface area contributed by atoms with E-state index in [0.717, 1.165) is 5.46 Å². The van der Waals surface area contributed by atoms with Crippen molar-refractivity contribution in [3.05, 3.63) is 30.3 Å². The molecule has 4 rings (SSSR count). The first-order valence-corrected chi connectivity index (χ1v) is 6.14. The summed E-state index contributed by atoms with van der Waals surface area (Å²) in [5.74, 6) is 0. The lowest BCUT2D eigenvalue weighted by molar-refractivity contribution is -0.243. The van der Waals surface area contributed by atoms with Crippen molar-refractivity contribution in [3.63, 3.8) is 0 Å². The molecular formula is C12H13BO5. The number of hydrogen-bond acceptors (Lipinski definition) is 5. The van der Waals surface area contributed by atoms with Crippen LogP contribution in [0.2, 0.25) is 0 Å². The minimum Gasteiger partial charge on any atom is -0.399 e. The lowest BCUT2D eigenvalue weighted by Crippen LogP contribution is -2.65. The van der Waals surface area contributed by atoms with E-state index in [0.29, 0.717) is 6.61 Å². The van der Waals surface area contributed by atoms with Gasteiger partial charge in [-0.2, -0.15) is 0 Å². The predicted molar refractivity (Wildman–Crippen MR) is 62.2 cm³/mol. The highest BCUT2D eigenvalue weighted by Crippen LogP contribution is 2.35. The Morgan fingerprint density at radius 2 is 1.89 bits per heavy atom. The second-order valence-corrected chi connectivity index (χ2v) is 4.81. The lowest BCUT2D eigenvalue weighted by Gasteiger charge is -2.44. The van der Waals surface area contributed by atoms with Crippen LogP contribution in [0, 0.1) is 0 Å². The molecule has 5 atom stereocenters. The number of aliphatic hydroxyl groups is 1. The van der Waals surface area contributed by atoms with E-state index < -0.39 is 25.6 Å². The van der Waals surface area contributed by atoms with Gasteiger partial charge in [-0.15, -0.1) is 0 Å². The highest BCUT2D eigenvalue weighted by Gasteiger charge is 2.56. The largest absolute Gasteiger partial charge is 0.494 e. The van der Waals surface area contributed by atoms with Crippen LogP contribution in [-0.2, 0) is 18.8 Å². The Morgan fingerprint density at radius 3 is 2.72 bits per heavy atom. The molecule has 0 aliphatic carbocycles. The van der Waals surface area contributed by atoms with Crippen LogP contribution < -0.4 is 5.46 Å². The molecule has 2 unspecified atom stereocenters. The van der Waals surface area contributed by atoms with E-state index in [1.165, 1.54) is 0 Å². The summed E-state index contributed by atoms with van der Waals surface area (Å²) in [6, 6.07) is 9.70. The summed E-state index contributed by atoms with van der Waals surface area (Å²) in [6.45, 7) is 0.452. The first-order chi connectivity index (χ1) is 8.83. The van der Waals surface area contributed by atoms with Crippen molar-refractivity contribution in [3.8, 4) is 0 Å². The third-order valence-electron chi connectivity index (χ3n) is 3.67. The highest BCUT2D eigenvalue weighted by molar-refractivity contribution is 6.61. The van der Waals surface area contributed by atoms with Crippen molar-refractivity contribution in [2.24, 2.45) is 0 Å². The van der Waals surface area contributed by atoms with Crippen molar-refractivity contribution in [2.45, 2.75) is 30.7 Å². The number of hydrogen-bond donors (Lipinski definition) is 1. The van der Waals surface area contributed by atoms with Crippen LogP contribution >= 0.6 is 0 Å². The molecule has 18 heavy (non-hydrogen) atoms. The van der Waals surface area contributed by atoms with Crippen molar-refractivity contribution >= 4 is 12.6 Å². The van der Waals surface area contributed by atoms with E-state index in [1.807, 2.05) is 30.3 Å². The Bertz CT molecular complexity index is 421. The van der Waals surface area contributed by atoms with Gasteiger partial charge < -0.3 is 23.9 Å². The Balaban J connectivity index is 1.64. The van der Waals surface area contributed by atoms with Gasteiger partial charge >= 0.3 is 7.12 Å². The van der Waals surface area contributed by atoms with Gasteiger partial charge in [0.15, 0.2) is 6.29 Å². The zero-order chi connectivity index (χ0) is 12.1. The van der Waals surface area contributed by atoms with E-state index in [9.17, 15) is 5.11 Å². The van der Waals surface area contributed by atoms with Gasteiger partial charge in [-0.1, -0.05) is 30.3 Å². The number of ether oxygens (including phenoxy) is 2. The normalized spacial score (nSPS) is 42.1. The van der Waals surface area contributed by atoms with Crippen LogP contribution in [0.4, 0.5) is 0 Å². The summed E-state index contributed by atoms with van der Waals surface area (Å²) in [7, 11) is -0.458. The van der Waals surface area contributed by atoms with Crippen LogP contribution in [0.15, 0.2) is 30.3 Å². The van der Waals surface area contributed by atoms with Crippen LogP contribution in [0.1, 0.15) is 0 Å². The third-order valence-corrected chi connectivity index (χ3v) is 3.67. The Kier molecular flexibility index (Phi) is 2.46. The number of benzene rings is 1. The van der Waals surface area contributed by atoms with Crippen molar-refractivity contribution < 1.29 is 23.9 Å². The Morgan fingerprint density at radius 1 is 1.11 bits per heavy atom. The maximum absolute atomic E-state index is 10.1. The SMILES string of the molecule is O[C@@H]1C2OB(c3ccccc3)OC1[C@@H]1CO[C@@H]2O1. The summed E-state index contributed by atoms with van der Waals surface area (Å²) in [5.41, 5.74) is 0.945. The molecular weight excluding hydrogens is 235 g/mol. The van der Waals surface area contributed by atoms with E-state index in [1.54, 1.807) is 0 Å². The molecule has 1 N–H and O–H groups in total. The number of rotatable bonds is 1. The molecule has 6 heteroatoms. The molecule has 0 saturated carbocycles. The molecule has 3 aliphatic rings. The third kappa shape index (κ3) is 1.54. The second kappa shape index (κ2) is 4.04. The Labute approximate surface area is 105 Å². The minimum absolute atomic E-state index is 0.198. The maximum Gasteiger partial charge on any atom is 0.494 e. The molecule has 0 aromatic heterocycles. The van der Waals surface area contributed by atoms with E-state index in [-0.39, 0.29) is 12.2 Å². The Hall–Kier alpha value is -0.915. The molecule has 0 amide bonds. The van der Waals surface area contributed by atoms with Gasteiger partial charge in [0.1, 0.15) is 24.4 Å². The molecule has 4 bridgehead atoms. The van der Waals surface area contributed by atoms with Crippen LogP contribution in [0.25, 0.3) is 0 Å². The topological polar surface area (TPSA) is 57.2 Å². The zero-order valence-electron chi connectivity index (χ0n) is 9.64. The summed E-state index contributed by atoms with van der Waals surface area (Å²) in [4.78, 5) is 0. The molecule has 3 heterocycles. The van der Waals surface area contributed by atoms with E-state index in [4.69, 9.17) is 18.8 Å². The fourth-order valence-corrected chi connectivity index (χ4v) is 2.75. The lowest BCUT2D eigenvalue weighted by atomic mass is 9.75. The van der Waals surface area contributed by atoms with Gasteiger partial charge in [0.25, 0.3) is 0 Å². The number of fused-ring (bicyclic) bond motifs is 6. The van der Waals surface area contributed by atoms with Gasteiger partial charge in [-0.3, -0.25) is 0 Å². The maximum atomic E-state index is 10.1. The van der Waals surface area contributed by atoms with Gasteiger partial charge in [0.05, 0.1) is 6.61 Å². The average molecular weight is 248 g/mol. The summed E-state index contributed by atoms with van der Waals surface area (Å²) >= 11 is 0. The number of aliphatic hydroxyl groups excluding tert-OH is 1. The van der Waals surface area contributed by atoms with Gasteiger partial charge in [-0.25, -0.2) is 0 Å². The molecule has 3 saturated heterocycles. The van der Waals surface area contributed by atoms with Crippen molar-refractivity contribution in [2.75, 3.05) is 6.61 Å². The van der Waals surface area contributed by atoms with Crippen molar-refractivity contribution in [1.82, 2.24) is 0 Å². The molecule has 1 aromatic rings.